The van der Waals surface area contributed by atoms with Crippen molar-refractivity contribution < 1.29 is 34.7 Å². The topological polar surface area (TPSA) is 128 Å². The smallest absolute Gasteiger partial charge is 0.220 e. The van der Waals surface area contributed by atoms with Crippen LogP contribution in [-0.2, 0) is 14.3 Å². The Kier molecular flexibility index (Phi) is 29.2. The summed E-state index contributed by atoms with van der Waals surface area (Å²) >= 11 is 0. The van der Waals surface area contributed by atoms with Crippen molar-refractivity contribution in [3.8, 4) is 0 Å². The number of rotatable bonds is 33. The minimum absolute atomic E-state index is 0.0543. The summed E-state index contributed by atoms with van der Waals surface area (Å²) in [6.45, 7) is 6.07. The maximum atomic E-state index is 12.9. The zero-order valence-corrected chi connectivity index (χ0v) is 31.6. The fourth-order valence-corrected chi connectivity index (χ4v) is 6.75. The summed E-state index contributed by atoms with van der Waals surface area (Å²) in [6.07, 6.45) is 26.9. The van der Waals surface area contributed by atoms with Gasteiger partial charge in [-0.05, 0) is 19.8 Å². The summed E-state index contributed by atoms with van der Waals surface area (Å²) in [5.74, 6) is -0.106. The van der Waals surface area contributed by atoms with Crippen molar-refractivity contribution in [1.82, 2.24) is 5.32 Å². The van der Waals surface area contributed by atoms with Crippen LogP contribution in [0, 0.1) is 0 Å². The normalized spacial score (nSPS) is 22.5. The molecule has 0 unspecified atom stereocenters. The van der Waals surface area contributed by atoms with Crippen LogP contribution in [0.3, 0.4) is 0 Å². The average Bonchev–Trinajstić information content (AvgIpc) is 3.08. The van der Waals surface area contributed by atoms with E-state index in [0.29, 0.717) is 12.8 Å². The number of ether oxygens (including phenoxy) is 2. The van der Waals surface area contributed by atoms with Gasteiger partial charge in [0.15, 0.2) is 6.29 Å². The van der Waals surface area contributed by atoms with Gasteiger partial charge in [0.1, 0.15) is 18.3 Å². The second-order valence-corrected chi connectivity index (χ2v) is 14.8. The third kappa shape index (κ3) is 22.8. The Morgan fingerprint density at radius 1 is 0.604 bits per heavy atom. The molecule has 0 spiro atoms. The third-order valence-corrected chi connectivity index (χ3v) is 10.2. The van der Waals surface area contributed by atoms with E-state index < -0.39 is 42.9 Å². The highest BCUT2D eigenvalue weighted by Gasteiger charge is 2.42. The molecule has 286 valence electrons. The number of carbonyl (C=O) groups is 1. The van der Waals surface area contributed by atoms with Gasteiger partial charge in [0, 0.05) is 6.42 Å². The van der Waals surface area contributed by atoms with Gasteiger partial charge in [-0.2, -0.15) is 0 Å². The maximum absolute atomic E-state index is 12.9. The van der Waals surface area contributed by atoms with Crippen molar-refractivity contribution in [2.24, 2.45) is 0 Å². The third-order valence-electron chi connectivity index (χ3n) is 10.2. The zero-order chi connectivity index (χ0) is 35.2. The van der Waals surface area contributed by atoms with Crippen LogP contribution in [-0.4, -0.2) is 75.8 Å². The van der Waals surface area contributed by atoms with Crippen molar-refractivity contribution in [3.63, 3.8) is 0 Å². The average molecular weight is 686 g/mol. The quantitative estimate of drug-likeness (QED) is 0.0438. The highest BCUT2D eigenvalue weighted by Crippen LogP contribution is 2.23. The molecule has 1 saturated heterocycles. The standard InChI is InChI=1S/C40H79NO7/c1-4-6-8-10-12-14-16-18-20-22-24-26-28-30-35(42)34(32-47-40-39(46)38(45)37(44)33(3)48-40)41-36(43)31-29-27-25-23-21-19-17-15-13-11-9-7-5-2/h33-35,37-40,42,44-46H,4-32H2,1-3H3,(H,41,43)/t33-,34+,35-,37-,38+,39+,40+/m1/s1. The largest absolute Gasteiger partial charge is 0.391 e. The molecule has 1 amide bonds. The summed E-state index contributed by atoms with van der Waals surface area (Å²) < 4.78 is 11.4. The molecule has 0 saturated carbocycles. The SMILES string of the molecule is CCCCCCCCCCCCCCCC(=O)N[C@@H](CO[C@H]1O[C@H](C)[C@@H](O)[C@H](O)[C@@H]1O)[C@H](O)CCCCCCCCCCCCCCC. The Morgan fingerprint density at radius 2 is 1.00 bits per heavy atom. The molecule has 7 atom stereocenters. The first-order chi connectivity index (χ1) is 23.3. The van der Waals surface area contributed by atoms with Crippen LogP contribution >= 0.6 is 0 Å². The Morgan fingerprint density at radius 3 is 1.44 bits per heavy atom. The fraction of sp³-hybridized carbons (Fsp3) is 0.975. The molecule has 1 aliphatic heterocycles. The van der Waals surface area contributed by atoms with Crippen LogP contribution in [0.15, 0.2) is 0 Å². The molecule has 0 aromatic rings. The van der Waals surface area contributed by atoms with Crippen molar-refractivity contribution in [2.75, 3.05) is 6.61 Å². The van der Waals surface area contributed by atoms with Crippen LogP contribution in [0.1, 0.15) is 201 Å². The predicted molar refractivity (Wildman–Crippen MR) is 197 cm³/mol. The maximum Gasteiger partial charge on any atom is 0.220 e. The second-order valence-electron chi connectivity index (χ2n) is 14.8. The van der Waals surface area contributed by atoms with Crippen molar-refractivity contribution >= 4 is 5.91 Å². The summed E-state index contributed by atoms with van der Waals surface area (Å²) in [4.78, 5) is 12.9. The molecule has 48 heavy (non-hydrogen) atoms. The molecule has 8 heteroatoms. The van der Waals surface area contributed by atoms with Crippen LogP contribution in [0.4, 0.5) is 0 Å². The minimum Gasteiger partial charge on any atom is -0.391 e. The van der Waals surface area contributed by atoms with Crippen LogP contribution < -0.4 is 5.32 Å². The lowest BCUT2D eigenvalue weighted by atomic mass is 10.00. The highest BCUT2D eigenvalue weighted by atomic mass is 16.7. The number of carbonyl (C=O) groups excluding carboxylic acids is 1. The van der Waals surface area contributed by atoms with Crippen LogP contribution in [0.5, 0.6) is 0 Å². The van der Waals surface area contributed by atoms with E-state index >= 15 is 0 Å². The van der Waals surface area contributed by atoms with E-state index in [1.54, 1.807) is 6.92 Å². The van der Waals surface area contributed by atoms with Gasteiger partial charge in [-0.1, -0.05) is 174 Å². The van der Waals surface area contributed by atoms with Gasteiger partial charge < -0.3 is 35.2 Å². The summed E-state index contributed by atoms with van der Waals surface area (Å²) in [5, 5.41) is 44.6. The summed E-state index contributed by atoms with van der Waals surface area (Å²) in [6, 6.07) is -0.646. The van der Waals surface area contributed by atoms with Gasteiger partial charge in [0.25, 0.3) is 0 Å². The van der Waals surface area contributed by atoms with E-state index in [0.717, 1.165) is 38.5 Å². The van der Waals surface area contributed by atoms with Crippen LogP contribution in [0.25, 0.3) is 0 Å². The van der Waals surface area contributed by atoms with Gasteiger partial charge in [0.2, 0.25) is 5.91 Å². The molecule has 0 bridgehead atoms. The summed E-state index contributed by atoms with van der Waals surface area (Å²) in [7, 11) is 0. The molecule has 0 aliphatic carbocycles. The van der Waals surface area contributed by atoms with E-state index in [-0.39, 0.29) is 12.5 Å². The van der Waals surface area contributed by atoms with E-state index in [4.69, 9.17) is 9.47 Å². The van der Waals surface area contributed by atoms with Crippen molar-refractivity contribution in [2.45, 2.75) is 243 Å². The lowest BCUT2D eigenvalue weighted by Crippen LogP contribution is -2.58. The monoisotopic (exact) mass is 686 g/mol. The molecular weight excluding hydrogens is 606 g/mol. The highest BCUT2D eigenvalue weighted by molar-refractivity contribution is 5.76. The number of nitrogens with one attached hydrogen (secondary N) is 1. The summed E-state index contributed by atoms with van der Waals surface area (Å²) in [5.41, 5.74) is 0. The molecule has 1 rings (SSSR count). The Bertz CT molecular complexity index is 726. The number of hydrogen-bond donors (Lipinski definition) is 5. The number of aliphatic hydroxyl groups is 4. The Labute approximate surface area is 295 Å². The molecular formula is C40H79NO7. The number of amides is 1. The van der Waals surface area contributed by atoms with E-state index in [1.807, 2.05) is 0 Å². The molecule has 1 aliphatic rings. The molecule has 0 aromatic heterocycles. The second kappa shape index (κ2) is 31.0. The van der Waals surface area contributed by atoms with Crippen molar-refractivity contribution in [1.29, 1.82) is 0 Å². The van der Waals surface area contributed by atoms with E-state index in [2.05, 4.69) is 19.2 Å². The molecule has 1 heterocycles. The number of aliphatic hydroxyl groups excluding tert-OH is 4. The lowest BCUT2D eigenvalue weighted by Gasteiger charge is -2.39. The molecule has 5 N–H and O–H groups in total. The number of unbranched alkanes of at least 4 members (excludes halogenated alkanes) is 24. The molecule has 0 radical (unpaired) electrons. The zero-order valence-electron chi connectivity index (χ0n) is 31.6. The van der Waals surface area contributed by atoms with Crippen molar-refractivity contribution in [3.05, 3.63) is 0 Å². The first-order valence-electron chi connectivity index (χ1n) is 20.6. The van der Waals surface area contributed by atoms with Gasteiger partial charge in [-0.25, -0.2) is 0 Å². The molecule has 0 aromatic carbocycles. The van der Waals surface area contributed by atoms with E-state index in [9.17, 15) is 25.2 Å². The lowest BCUT2D eigenvalue weighted by molar-refractivity contribution is -0.295. The Balaban J connectivity index is 2.34. The van der Waals surface area contributed by atoms with Gasteiger partial charge >= 0.3 is 0 Å². The first-order valence-corrected chi connectivity index (χ1v) is 20.6. The molecule has 1 fully saturated rings. The van der Waals surface area contributed by atoms with Gasteiger partial charge in [-0.15, -0.1) is 0 Å². The predicted octanol–water partition coefficient (Wildman–Crippen LogP) is 8.64. The van der Waals surface area contributed by atoms with E-state index in [1.165, 1.54) is 128 Å². The first kappa shape index (κ1) is 45.3. The van der Waals surface area contributed by atoms with Gasteiger partial charge in [-0.3, -0.25) is 4.79 Å². The fourth-order valence-electron chi connectivity index (χ4n) is 6.75. The molecule has 8 nitrogen and oxygen atoms in total. The Hall–Kier alpha value is -0.770. The minimum atomic E-state index is -1.42. The number of hydrogen-bond acceptors (Lipinski definition) is 7. The van der Waals surface area contributed by atoms with Crippen LogP contribution in [0.2, 0.25) is 0 Å². The van der Waals surface area contributed by atoms with Gasteiger partial charge in [0.05, 0.1) is 24.9 Å².